The van der Waals surface area contributed by atoms with Crippen LogP contribution < -0.4 is 5.56 Å². The summed E-state index contributed by atoms with van der Waals surface area (Å²) in [4.78, 5) is 39.5. The number of aromatic amines is 1. The molecule has 7 heteroatoms. The molecule has 120 valence electrons. The van der Waals surface area contributed by atoms with Crippen LogP contribution in [0.5, 0.6) is 0 Å². The number of carbonyl (C=O) groups is 2. The fraction of sp³-hybridized carbons (Fsp3) is 0.312. The summed E-state index contributed by atoms with van der Waals surface area (Å²) in [5.41, 5.74) is -0.119. The van der Waals surface area contributed by atoms with Crippen LogP contribution in [0, 0.1) is 0 Å². The Morgan fingerprint density at radius 1 is 1.35 bits per heavy atom. The Balaban J connectivity index is 1.85. The molecule has 0 unspecified atom stereocenters. The molecule has 0 saturated carbocycles. The number of carbonyl (C=O) groups excluding carboxylic acids is 1. The summed E-state index contributed by atoms with van der Waals surface area (Å²) < 4.78 is 5.35. The number of carboxylic acids is 1. The van der Waals surface area contributed by atoms with E-state index in [1.54, 1.807) is 30.3 Å². The lowest BCUT2D eigenvalue weighted by atomic mass is 10.1. The lowest BCUT2D eigenvalue weighted by Gasteiger charge is -2.32. The number of nitrogens with one attached hydrogen (secondary N) is 1. The van der Waals surface area contributed by atoms with Crippen molar-refractivity contribution in [2.75, 3.05) is 19.7 Å². The number of amides is 1. The molecule has 1 saturated heterocycles. The third kappa shape index (κ3) is 3.24. The highest BCUT2D eigenvalue weighted by atomic mass is 16.5. The molecule has 0 radical (unpaired) electrons. The molecule has 7 nitrogen and oxygen atoms in total. The van der Waals surface area contributed by atoms with Crippen molar-refractivity contribution in [1.82, 2.24) is 9.88 Å². The molecule has 1 aromatic heterocycles. The molecule has 2 aromatic rings. The zero-order valence-electron chi connectivity index (χ0n) is 12.3. The van der Waals surface area contributed by atoms with Gasteiger partial charge < -0.3 is 19.7 Å². The Kier molecular flexibility index (Phi) is 4.12. The number of fused-ring (bicyclic) bond motifs is 1. The van der Waals surface area contributed by atoms with E-state index >= 15 is 0 Å². The van der Waals surface area contributed by atoms with Crippen molar-refractivity contribution >= 4 is 22.6 Å². The maximum atomic E-state index is 12.6. The topological polar surface area (TPSA) is 99.7 Å². The molecule has 1 aliphatic rings. The third-order valence-electron chi connectivity index (χ3n) is 3.81. The summed E-state index contributed by atoms with van der Waals surface area (Å²) in [7, 11) is 0. The number of pyridine rings is 1. The van der Waals surface area contributed by atoms with E-state index in [0.29, 0.717) is 17.3 Å². The largest absolute Gasteiger partial charge is 0.481 e. The van der Waals surface area contributed by atoms with Gasteiger partial charge in [0.15, 0.2) is 0 Å². The molecule has 1 aromatic carbocycles. The van der Waals surface area contributed by atoms with Crippen LogP contribution in [0.4, 0.5) is 0 Å². The highest BCUT2D eigenvalue weighted by Crippen LogP contribution is 2.14. The predicted molar refractivity (Wildman–Crippen MR) is 82.5 cm³/mol. The van der Waals surface area contributed by atoms with E-state index in [9.17, 15) is 14.4 Å². The molecule has 2 N–H and O–H groups in total. The monoisotopic (exact) mass is 316 g/mol. The quantitative estimate of drug-likeness (QED) is 0.874. The van der Waals surface area contributed by atoms with Crippen molar-refractivity contribution in [2.24, 2.45) is 0 Å². The molecule has 0 aliphatic carbocycles. The van der Waals surface area contributed by atoms with E-state index in [1.165, 1.54) is 4.90 Å². The van der Waals surface area contributed by atoms with E-state index in [4.69, 9.17) is 9.84 Å². The van der Waals surface area contributed by atoms with E-state index in [-0.39, 0.29) is 36.7 Å². The minimum absolute atomic E-state index is 0.155. The Morgan fingerprint density at radius 3 is 2.91 bits per heavy atom. The molecular formula is C16H16N2O5. The van der Waals surface area contributed by atoms with Crippen molar-refractivity contribution in [3.63, 3.8) is 0 Å². The number of aliphatic carboxylic acids is 1. The molecule has 0 bridgehead atoms. The normalized spacial score (nSPS) is 18.1. The summed E-state index contributed by atoms with van der Waals surface area (Å²) in [6.45, 7) is 0.839. The number of rotatable bonds is 3. The molecule has 2 heterocycles. The van der Waals surface area contributed by atoms with Gasteiger partial charge >= 0.3 is 5.97 Å². The van der Waals surface area contributed by atoms with E-state index in [1.807, 2.05) is 0 Å². The maximum Gasteiger partial charge on any atom is 0.306 e. The van der Waals surface area contributed by atoms with Gasteiger partial charge in [0.05, 0.1) is 19.1 Å². The van der Waals surface area contributed by atoms with Crippen LogP contribution in [0.1, 0.15) is 16.9 Å². The minimum Gasteiger partial charge on any atom is -0.481 e. The Morgan fingerprint density at radius 2 is 2.13 bits per heavy atom. The van der Waals surface area contributed by atoms with Crippen LogP contribution in [0.2, 0.25) is 0 Å². The first-order chi connectivity index (χ1) is 11.0. The zero-order chi connectivity index (χ0) is 16.4. The fourth-order valence-corrected chi connectivity index (χ4v) is 2.72. The number of hydrogen-bond donors (Lipinski definition) is 2. The molecule has 1 fully saturated rings. The summed E-state index contributed by atoms with van der Waals surface area (Å²) in [5, 5.41) is 10.0. The van der Waals surface area contributed by atoms with Crippen molar-refractivity contribution in [3.05, 3.63) is 46.4 Å². The number of carboxylic acid groups (broad SMARTS) is 1. The van der Waals surface area contributed by atoms with E-state index in [2.05, 4.69) is 4.98 Å². The summed E-state index contributed by atoms with van der Waals surface area (Å²) in [6, 6.07) is 8.67. The molecule has 1 atom stereocenters. The highest BCUT2D eigenvalue weighted by Gasteiger charge is 2.27. The van der Waals surface area contributed by atoms with Crippen LogP contribution in [-0.4, -0.2) is 52.7 Å². The molecule has 1 aliphatic heterocycles. The first kappa shape index (κ1) is 15.2. The first-order valence-electron chi connectivity index (χ1n) is 7.29. The van der Waals surface area contributed by atoms with Crippen molar-refractivity contribution < 1.29 is 19.4 Å². The van der Waals surface area contributed by atoms with E-state index < -0.39 is 12.1 Å². The van der Waals surface area contributed by atoms with Gasteiger partial charge in [-0.15, -0.1) is 0 Å². The lowest BCUT2D eigenvalue weighted by molar-refractivity contribution is -0.141. The van der Waals surface area contributed by atoms with Gasteiger partial charge in [-0.05, 0) is 17.5 Å². The Labute approximate surface area is 131 Å². The van der Waals surface area contributed by atoms with Gasteiger partial charge in [0.25, 0.3) is 11.5 Å². The fourth-order valence-electron chi connectivity index (χ4n) is 2.72. The summed E-state index contributed by atoms with van der Waals surface area (Å²) >= 11 is 0. The second-order valence-corrected chi connectivity index (χ2v) is 5.44. The predicted octanol–water partition coefficient (Wildman–Crippen LogP) is 0.844. The second kappa shape index (κ2) is 6.21. The Bertz CT molecular complexity index is 813. The number of ether oxygens (including phenoxy) is 1. The number of aromatic nitrogens is 1. The van der Waals surface area contributed by atoms with Gasteiger partial charge in [-0.25, -0.2) is 0 Å². The number of morpholine rings is 1. The van der Waals surface area contributed by atoms with Gasteiger partial charge in [-0.3, -0.25) is 14.4 Å². The minimum atomic E-state index is -0.969. The maximum absolute atomic E-state index is 12.6. The number of H-pyrrole nitrogens is 1. The third-order valence-corrected chi connectivity index (χ3v) is 3.81. The molecular weight excluding hydrogens is 300 g/mol. The van der Waals surface area contributed by atoms with Gasteiger partial charge in [-0.1, -0.05) is 18.2 Å². The molecule has 23 heavy (non-hydrogen) atoms. The smallest absolute Gasteiger partial charge is 0.306 e. The average Bonchev–Trinajstić information content (AvgIpc) is 2.54. The number of nitrogens with zero attached hydrogens (tertiary/aromatic N) is 1. The average molecular weight is 316 g/mol. The summed E-state index contributed by atoms with van der Waals surface area (Å²) in [6.07, 6.45) is -0.685. The number of benzene rings is 1. The number of hydrogen-bond acceptors (Lipinski definition) is 4. The standard InChI is InChI=1S/C16H16N2O5/c19-14(20)8-11-9-18(5-6-23-11)16(22)13-7-10-3-1-2-4-12(10)15(21)17-13/h1-4,7,11H,5-6,8-9H2,(H,17,21)(H,19,20)/t11-/m1/s1. The van der Waals surface area contributed by atoms with Gasteiger partial charge in [-0.2, -0.15) is 0 Å². The van der Waals surface area contributed by atoms with Crippen molar-refractivity contribution in [3.8, 4) is 0 Å². The SMILES string of the molecule is O=C(O)C[C@@H]1CN(C(=O)c2cc3ccccc3c(=O)[nH]2)CCO1. The van der Waals surface area contributed by atoms with Crippen molar-refractivity contribution in [1.29, 1.82) is 0 Å². The van der Waals surface area contributed by atoms with Crippen LogP contribution in [0.15, 0.2) is 35.1 Å². The lowest BCUT2D eigenvalue weighted by Crippen LogP contribution is -2.46. The first-order valence-corrected chi connectivity index (χ1v) is 7.29. The zero-order valence-corrected chi connectivity index (χ0v) is 12.3. The molecule has 3 rings (SSSR count). The van der Waals surface area contributed by atoms with Gasteiger partial charge in [0.2, 0.25) is 0 Å². The summed E-state index contributed by atoms with van der Waals surface area (Å²) in [5.74, 6) is -1.30. The van der Waals surface area contributed by atoms with E-state index in [0.717, 1.165) is 0 Å². The van der Waals surface area contributed by atoms with Crippen LogP contribution in [0.3, 0.4) is 0 Å². The molecule has 0 spiro atoms. The van der Waals surface area contributed by atoms with Crippen LogP contribution in [-0.2, 0) is 9.53 Å². The Hall–Kier alpha value is -2.67. The van der Waals surface area contributed by atoms with Crippen LogP contribution in [0.25, 0.3) is 10.8 Å². The van der Waals surface area contributed by atoms with Crippen LogP contribution >= 0.6 is 0 Å². The highest BCUT2D eigenvalue weighted by molar-refractivity contribution is 5.96. The van der Waals surface area contributed by atoms with Crippen molar-refractivity contribution in [2.45, 2.75) is 12.5 Å². The van der Waals surface area contributed by atoms with Gasteiger partial charge in [0.1, 0.15) is 5.69 Å². The van der Waals surface area contributed by atoms with Gasteiger partial charge in [0, 0.05) is 18.5 Å². The molecule has 1 amide bonds. The second-order valence-electron chi connectivity index (χ2n) is 5.44.